The van der Waals surface area contributed by atoms with E-state index in [9.17, 15) is 4.79 Å². The third-order valence-electron chi connectivity index (χ3n) is 3.34. The van der Waals surface area contributed by atoms with Gasteiger partial charge in [-0.3, -0.25) is 4.79 Å². The fourth-order valence-electron chi connectivity index (χ4n) is 2.19. The summed E-state index contributed by atoms with van der Waals surface area (Å²) in [4.78, 5) is 10.8. The lowest BCUT2D eigenvalue weighted by molar-refractivity contribution is -0.145. The molecule has 4 unspecified atom stereocenters. The van der Waals surface area contributed by atoms with Crippen LogP contribution in [0.1, 0.15) is 33.6 Å². The van der Waals surface area contributed by atoms with E-state index in [1.807, 2.05) is 0 Å². The Kier molecular flexibility index (Phi) is 2.76. The van der Waals surface area contributed by atoms with Gasteiger partial charge < -0.3 is 5.11 Å². The van der Waals surface area contributed by atoms with Crippen LogP contribution in [0.5, 0.6) is 0 Å². The van der Waals surface area contributed by atoms with Gasteiger partial charge in [0.2, 0.25) is 0 Å². The molecular formula is C10H18O2. The number of hydrogen-bond acceptors (Lipinski definition) is 1. The van der Waals surface area contributed by atoms with Crippen molar-refractivity contribution in [2.45, 2.75) is 33.6 Å². The quantitative estimate of drug-likeness (QED) is 0.656. The summed E-state index contributed by atoms with van der Waals surface area (Å²) in [5.41, 5.74) is 0. The molecule has 0 aliphatic heterocycles. The van der Waals surface area contributed by atoms with Crippen molar-refractivity contribution >= 4 is 5.97 Å². The highest BCUT2D eigenvalue weighted by molar-refractivity contribution is 5.70. The van der Waals surface area contributed by atoms with Crippen LogP contribution < -0.4 is 0 Å². The van der Waals surface area contributed by atoms with Crippen molar-refractivity contribution in [2.24, 2.45) is 23.7 Å². The van der Waals surface area contributed by atoms with Crippen LogP contribution in [0.3, 0.4) is 0 Å². The van der Waals surface area contributed by atoms with E-state index in [-0.39, 0.29) is 5.92 Å². The van der Waals surface area contributed by atoms with Crippen molar-refractivity contribution in [3.63, 3.8) is 0 Å². The maximum absolute atomic E-state index is 10.8. The van der Waals surface area contributed by atoms with Crippen molar-refractivity contribution < 1.29 is 9.90 Å². The molecule has 0 radical (unpaired) electrons. The highest BCUT2D eigenvalue weighted by Crippen LogP contribution is 2.37. The average molecular weight is 170 g/mol. The topological polar surface area (TPSA) is 37.3 Å². The molecule has 1 aliphatic carbocycles. The smallest absolute Gasteiger partial charge is 0.306 e. The zero-order valence-corrected chi connectivity index (χ0v) is 8.08. The molecule has 0 spiro atoms. The lowest BCUT2D eigenvalue weighted by atomic mass is 9.70. The van der Waals surface area contributed by atoms with E-state index in [4.69, 9.17) is 5.11 Å². The van der Waals surface area contributed by atoms with Crippen LogP contribution >= 0.6 is 0 Å². The van der Waals surface area contributed by atoms with E-state index < -0.39 is 5.97 Å². The average Bonchev–Trinajstić information content (AvgIpc) is 1.96. The zero-order valence-electron chi connectivity index (χ0n) is 8.08. The molecule has 2 heteroatoms. The summed E-state index contributed by atoms with van der Waals surface area (Å²) in [6, 6.07) is 0. The summed E-state index contributed by atoms with van der Waals surface area (Å²) >= 11 is 0. The standard InChI is InChI=1S/C10H18O2/c1-6-4-8(3)9(10(11)12)5-7(6)2/h6-9H,4-5H2,1-3H3,(H,11,12). The molecule has 70 valence electrons. The van der Waals surface area contributed by atoms with E-state index in [1.54, 1.807) is 0 Å². The number of carboxylic acid groups (broad SMARTS) is 1. The van der Waals surface area contributed by atoms with Gasteiger partial charge in [-0.2, -0.15) is 0 Å². The molecule has 4 atom stereocenters. The van der Waals surface area contributed by atoms with Crippen LogP contribution in [0.25, 0.3) is 0 Å². The Morgan fingerprint density at radius 2 is 1.58 bits per heavy atom. The first-order chi connectivity index (χ1) is 5.52. The highest BCUT2D eigenvalue weighted by atomic mass is 16.4. The van der Waals surface area contributed by atoms with E-state index in [0.29, 0.717) is 17.8 Å². The highest BCUT2D eigenvalue weighted by Gasteiger charge is 2.34. The Morgan fingerprint density at radius 1 is 1.08 bits per heavy atom. The molecule has 0 aromatic rings. The van der Waals surface area contributed by atoms with E-state index in [1.165, 1.54) is 0 Å². The summed E-state index contributed by atoms with van der Waals surface area (Å²) in [7, 11) is 0. The van der Waals surface area contributed by atoms with Gasteiger partial charge in [0.25, 0.3) is 0 Å². The third-order valence-corrected chi connectivity index (χ3v) is 3.34. The molecule has 0 amide bonds. The van der Waals surface area contributed by atoms with Gasteiger partial charge >= 0.3 is 5.97 Å². The first-order valence-corrected chi connectivity index (χ1v) is 4.75. The Labute approximate surface area is 74.0 Å². The van der Waals surface area contributed by atoms with Crippen LogP contribution in [0, 0.1) is 23.7 Å². The summed E-state index contributed by atoms with van der Waals surface area (Å²) in [5.74, 6) is 0.907. The number of rotatable bonds is 1. The molecule has 1 N–H and O–H groups in total. The minimum atomic E-state index is -0.610. The monoisotopic (exact) mass is 170 g/mol. The minimum absolute atomic E-state index is 0.101. The second-order valence-corrected chi connectivity index (χ2v) is 4.35. The largest absolute Gasteiger partial charge is 0.481 e. The molecule has 1 rings (SSSR count). The normalized spacial score (nSPS) is 42.6. The number of hydrogen-bond donors (Lipinski definition) is 1. The fraction of sp³-hybridized carbons (Fsp3) is 0.900. The van der Waals surface area contributed by atoms with Crippen LogP contribution in [0.15, 0.2) is 0 Å². The predicted octanol–water partition coefficient (Wildman–Crippen LogP) is 2.39. The molecule has 0 bridgehead atoms. The molecule has 1 fully saturated rings. The van der Waals surface area contributed by atoms with Crippen molar-refractivity contribution in [2.75, 3.05) is 0 Å². The van der Waals surface area contributed by atoms with Gasteiger partial charge in [-0.25, -0.2) is 0 Å². The van der Waals surface area contributed by atoms with Gasteiger partial charge in [-0.15, -0.1) is 0 Å². The van der Waals surface area contributed by atoms with Gasteiger partial charge in [0.05, 0.1) is 5.92 Å². The Hall–Kier alpha value is -0.530. The first kappa shape index (κ1) is 9.56. The minimum Gasteiger partial charge on any atom is -0.481 e. The van der Waals surface area contributed by atoms with Crippen LogP contribution in [-0.4, -0.2) is 11.1 Å². The van der Waals surface area contributed by atoms with E-state index in [0.717, 1.165) is 12.8 Å². The van der Waals surface area contributed by atoms with Gasteiger partial charge in [0.1, 0.15) is 0 Å². The second kappa shape index (κ2) is 3.46. The molecule has 1 aliphatic rings. The molecule has 0 aromatic heterocycles. The van der Waals surface area contributed by atoms with Gasteiger partial charge in [0.15, 0.2) is 0 Å². The number of aliphatic carboxylic acids is 1. The first-order valence-electron chi connectivity index (χ1n) is 4.75. The van der Waals surface area contributed by atoms with Crippen LogP contribution in [-0.2, 0) is 4.79 Å². The lowest BCUT2D eigenvalue weighted by Gasteiger charge is -2.34. The van der Waals surface area contributed by atoms with E-state index in [2.05, 4.69) is 20.8 Å². The summed E-state index contributed by atoms with van der Waals surface area (Å²) in [5, 5.41) is 8.91. The lowest BCUT2D eigenvalue weighted by Crippen LogP contribution is -2.32. The van der Waals surface area contributed by atoms with Gasteiger partial charge in [-0.1, -0.05) is 20.8 Å². The summed E-state index contributed by atoms with van der Waals surface area (Å²) in [6.07, 6.45) is 1.93. The Morgan fingerprint density at radius 3 is 2.08 bits per heavy atom. The zero-order chi connectivity index (χ0) is 9.30. The molecular weight excluding hydrogens is 152 g/mol. The molecule has 2 nitrogen and oxygen atoms in total. The molecule has 1 saturated carbocycles. The maximum Gasteiger partial charge on any atom is 0.306 e. The maximum atomic E-state index is 10.8. The number of carboxylic acids is 1. The van der Waals surface area contributed by atoms with Crippen molar-refractivity contribution in [3.8, 4) is 0 Å². The Balaban J connectivity index is 2.61. The third kappa shape index (κ3) is 1.79. The van der Waals surface area contributed by atoms with Gasteiger partial charge in [-0.05, 0) is 30.6 Å². The second-order valence-electron chi connectivity index (χ2n) is 4.35. The summed E-state index contributed by atoms with van der Waals surface area (Å²) < 4.78 is 0. The van der Waals surface area contributed by atoms with Crippen molar-refractivity contribution in [1.29, 1.82) is 0 Å². The van der Waals surface area contributed by atoms with Crippen molar-refractivity contribution in [3.05, 3.63) is 0 Å². The van der Waals surface area contributed by atoms with Crippen molar-refractivity contribution in [1.82, 2.24) is 0 Å². The van der Waals surface area contributed by atoms with Crippen LogP contribution in [0.4, 0.5) is 0 Å². The molecule has 0 saturated heterocycles. The molecule has 0 aromatic carbocycles. The van der Waals surface area contributed by atoms with Gasteiger partial charge in [0, 0.05) is 0 Å². The van der Waals surface area contributed by atoms with E-state index >= 15 is 0 Å². The fourth-order valence-corrected chi connectivity index (χ4v) is 2.19. The SMILES string of the molecule is CC1CC(C)C(C(=O)O)CC1C. The Bertz CT molecular complexity index is 177. The molecule has 0 heterocycles. The predicted molar refractivity (Wildman–Crippen MR) is 47.9 cm³/mol. The van der Waals surface area contributed by atoms with Crippen LogP contribution in [0.2, 0.25) is 0 Å². The summed E-state index contributed by atoms with van der Waals surface area (Å²) in [6.45, 7) is 6.44. The molecule has 12 heavy (non-hydrogen) atoms. The number of carbonyl (C=O) groups is 1.